The molecule has 6 nitrogen and oxygen atoms in total. The van der Waals surface area contributed by atoms with Crippen LogP contribution in [0, 0.1) is 5.82 Å². The van der Waals surface area contributed by atoms with E-state index in [-0.39, 0.29) is 17.8 Å². The van der Waals surface area contributed by atoms with Crippen LogP contribution in [0.3, 0.4) is 0 Å². The molecule has 1 aliphatic rings. The van der Waals surface area contributed by atoms with Crippen LogP contribution >= 0.6 is 0 Å². The lowest BCUT2D eigenvalue weighted by atomic mass is 9.99. The van der Waals surface area contributed by atoms with Gasteiger partial charge in [-0.05, 0) is 42.7 Å². The number of hydrogen-bond acceptors (Lipinski definition) is 5. The second-order valence-corrected chi connectivity index (χ2v) is 7.24. The summed E-state index contributed by atoms with van der Waals surface area (Å²) in [5.74, 6) is 0.167. The Bertz CT molecular complexity index is 1010. The summed E-state index contributed by atoms with van der Waals surface area (Å²) in [6.07, 6.45) is 5.06. The number of carbonyl (C=O) groups excluding carboxylic acids is 1. The minimum atomic E-state index is -0.297. The number of pyridine rings is 1. The Morgan fingerprint density at radius 1 is 1.14 bits per heavy atom. The molecule has 0 spiro atoms. The van der Waals surface area contributed by atoms with Crippen LogP contribution in [0.1, 0.15) is 35.1 Å². The monoisotopic (exact) mass is 391 g/mol. The fraction of sp³-hybridized carbons (Fsp3) is 0.273. The highest BCUT2D eigenvalue weighted by Crippen LogP contribution is 2.37. The molecule has 1 aliphatic heterocycles. The van der Waals surface area contributed by atoms with E-state index in [0.717, 1.165) is 29.7 Å². The topological polar surface area (TPSA) is 62.2 Å². The molecule has 1 aromatic carbocycles. The molecule has 0 N–H and O–H groups in total. The van der Waals surface area contributed by atoms with Crippen LogP contribution in [0.5, 0.6) is 0 Å². The van der Waals surface area contributed by atoms with Gasteiger partial charge in [0.05, 0.1) is 11.7 Å². The van der Waals surface area contributed by atoms with Crippen molar-refractivity contribution >= 4 is 11.9 Å². The Morgan fingerprint density at radius 2 is 1.93 bits per heavy atom. The lowest BCUT2D eigenvalue weighted by molar-refractivity contribution is 0.0727. The smallest absolute Gasteiger partial charge is 0.273 e. The van der Waals surface area contributed by atoms with Crippen molar-refractivity contribution in [2.45, 2.75) is 18.9 Å². The fourth-order valence-electron chi connectivity index (χ4n) is 3.64. The molecule has 0 aliphatic carbocycles. The van der Waals surface area contributed by atoms with Crippen molar-refractivity contribution in [2.24, 2.45) is 0 Å². The number of anilines is 1. The van der Waals surface area contributed by atoms with Crippen molar-refractivity contribution in [3.8, 4) is 11.1 Å². The summed E-state index contributed by atoms with van der Waals surface area (Å²) in [6.45, 7) is 0.643. The van der Waals surface area contributed by atoms with Gasteiger partial charge in [-0.2, -0.15) is 0 Å². The molecule has 29 heavy (non-hydrogen) atoms. The van der Waals surface area contributed by atoms with Gasteiger partial charge in [-0.3, -0.25) is 9.78 Å². The maximum atomic E-state index is 13.4. The number of benzene rings is 1. The van der Waals surface area contributed by atoms with Crippen molar-refractivity contribution in [1.82, 2.24) is 19.9 Å². The van der Waals surface area contributed by atoms with Gasteiger partial charge in [0, 0.05) is 38.6 Å². The zero-order valence-electron chi connectivity index (χ0n) is 16.4. The maximum absolute atomic E-state index is 13.4. The molecule has 1 unspecified atom stereocenters. The highest BCUT2D eigenvalue weighted by atomic mass is 19.1. The Labute approximate surface area is 169 Å². The molecule has 1 fully saturated rings. The number of likely N-dealkylation sites (tertiary alicyclic amines) is 1. The first kappa shape index (κ1) is 19.0. The van der Waals surface area contributed by atoms with E-state index in [0.29, 0.717) is 18.2 Å². The first-order valence-electron chi connectivity index (χ1n) is 9.57. The average molecular weight is 391 g/mol. The van der Waals surface area contributed by atoms with Gasteiger partial charge < -0.3 is 9.80 Å². The Morgan fingerprint density at radius 3 is 2.62 bits per heavy atom. The van der Waals surface area contributed by atoms with Crippen LogP contribution in [-0.2, 0) is 0 Å². The summed E-state index contributed by atoms with van der Waals surface area (Å²) < 4.78 is 13.4. The number of amides is 1. The predicted octanol–water partition coefficient (Wildman–Crippen LogP) is 3.72. The molecule has 2 aromatic heterocycles. The molecule has 0 saturated carbocycles. The van der Waals surface area contributed by atoms with E-state index < -0.39 is 0 Å². The van der Waals surface area contributed by atoms with Gasteiger partial charge in [-0.1, -0.05) is 18.2 Å². The van der Waals surface area contributed by atoms with Crippen LogP contribution in [0.4, 0.5) is 10.3 Å². The molecule has 1 saturated heterocycles. The normalized spacial score (nSPS) is 16.1. The average Bonchev–Trinajstić information content (AvgIpc) is 3.23. The van der Waals surface area contributed by atoms with Crippen LogP contribution in [0.15, 0.2) is 54.9 Å². The molecule has 1 amide bonds. The minimum absolute atomic E-state index is 0.108. The molecule has 0 radical (unpaired) electrons. The van der Waals surface area contributed by atoms with E-state index in [1.807, 2.05) is 30.0 Å². The highest BCUT2D eigenvalue weighted by Gasteiger charge is 2.34. The third kappa shape index (κ3) is 3.81. The first-order valence-corrected chi connectivity index (χ1v) is 9.57. The van der Waals surface area contributed by atoms with E-state index in [4.69, 9.17) is 4.98 Å². The molecular formula is C22H22FN5O. The molecular weight excluding hydrogens is 369 g/mol. The third-order valence-corrected chi connectivity index (χ3v) is 5.07. The Hall–Kier alpha value is -3.35. The summed E-state index contributed by atoms with van der Waals surface area (Å²) in [5.41, 5.74) is 2.83. The lowest BCUT2D eigenvalue weighted by Gasteiger charge is -2.26. The van der Waals surface area contributed by atoms with E-state index >= 15 is 0 Å². The summed E-state index contributed by atoms with van der Waals surface area (Å²) in [7, 11) is 3.75. The van der Waals surface area contributed by atoms with E-state index in [9.17, 15) is 9.18 Å². The number of halogens is 1. The van der Waals surface area contributed by atoms with Crippen LogP contribution in [0.2, 0.25) is 0 Å². The van der Waals surface area contributed by atoms with Gasteiger partial charge in [-0.15, -0.1) is 0 Å². The van der Waals surface area contributed by atoms with Gasteiger partial charge >= 0.3 is 0 Å². The first-order chi connectivity index (χ1) is 14.0. The summed E-state index contributed by atoms with van der Waals surface area (Å²) in [6, 6.07) is 11.4. The number of hydrogen-bond donors (Lipinski definition) is 0. The largest absolute Gasteiger partial charge is 0.347 e. The zero-order chi connectivity index (χ0) is 20.4. The van der Waals surface area contributed by atoms with Crippen molar-refractivity contribution < 1.29 is 9.18 Å². The van der Waals surface area contributed by atoms with E-state index in [2.05, 4.69) is 9.97 Å². The number of carbonyl (C=O) groups is 1. The molecule has 0 bridgehead atoms. The quantitative estimate of drug-likeness (QED) is 0.678. The molecule has 148 valence electrons. The van der Waals surface area contributed by atoms with Gasteiger partial charge in [0.25, 0.3) is 5.91 Å². The van der Waals surface area contributed by atoms with Crippen molar-refractivity contribution in [3.05, 3.63) is 72.1 Å². The Balaban J connectivity index is 1.78. The number of aromatic nitrogens is 3. The van der Waals surface area contributed by atoms with Crippen LogP contribution in [0.25, 0.3) is 11.1 Å². The molecule has 3 heterocycles. The molecule has 4 rings (SSSR count). The predicted molar refractivity (Wildman–Crippen MR) is 109 cm³/mol. The molecule has 1 atom stereocenters. The van der Waals surface area contributed by atoms with Gasteiger partial charge in [0.15, 0.2) is 0 Å². The minimum Gasteiger partial charge on any atom is -0.347 e. The number of rotatable bonds is 4. The summed E-state index contributed by atoms with van der Waals surface area (Å²) in [4.78, 5) is 30.2. The fourth-order valence-corrected chi connectivity index (χ4v) is 3.64. The van der Waals surface area contributed by atoms with Gasteiger partial charge in [0.2, 0.25) is 5.95 Å². The Kier molecular flexibility index (Phi) is 5.20. The van der Waals surface area contributed by atoms with Gasteiger partial charge in [-0.25, -0.2) is 14.4 Å². The highest BCUT2D eigenvalue weighted by molar-refractivity contribution is 5.92. The van der Waals surface area contributed by atoms with Crippen molar-refractivity contribution in [1.29, 1.82) is 0 Å². The van der Waals surface area contributed by atoms with Crippen LogP contribution < -0.4 is 4.90 Å². The molecule has 3 aromatic rings. The van der Waals surface area contributed by atoms with E-state index in [1.165, 1.54) is 12.1 Å². The van der Waals surface area contributed by atoms with E-state index in [1.54, 1.807) is 36.7 Å². The standard InChI is InChI=1S/C22H22FN5O/c1-27(2)22-25-14-17(15-8-10-16(23)11-9-15)20(26-22)19-7-5-13-28(19)21(29)18-6-3-4-12-24-18/h3-4,6,8-12,14,19H,5,7,13H2,1-2H3. The third-order valence-electron chi connectivity index (χ3n) is 5.07. The van der Waals surface area contributed by atoms with Crippen molar-refractivity contribution in [3.63, 3.8) is 0 Å². The molecule has 7 heteroatoms. The van der Waals surface area contributed by atoms with Crippen molar-refractivity contribution in [2.75, 3.05) is 25.5 Å². The maximum Gasteiger partial charge on any atom is 0.273 e. The summed E-state index contributed by atoms with van der Waals surface area (Å²) in [5, 5.41) is 0. The SMILES string of the molecule is CN(C)c1ncc(-c2ccc(F)cc2)c(C2CCCN2C(=O)c2ccccn2)n1. The zero-order valence-corrected chi connectivity index (χ0v) is 16.4. The lowest BCUT2D eigenvalue weighted by Crippen LogP contribution is -2.32. The summed E-state index contributed by atoms with van der Waals surface area (Å²) >= 11 is 0. The van der Waals surface area contributed by atoms with Crippen LogP contribution in [-0.4, -0.2) is 46.4 Å². The van der Waals surface area contributed by atoms with Gasteiger partial charge in [0.1, 0.15) is 11.5 Å². The number of nitrogens with zero attached hydrogens (tertiary/aromatic N) is 5. The second kappa shape index (κ2) is 7.95. The second-order valence-electron chi connectivity index (χ2n) is 7.24.